The van der Waals surface area contributed by atoms with Crippen molar-refractivity contribution in [3.05, 3.63) is 29.8 Å². The minimum absolute atomic E-state index is 0.387. The number of benzene rings is 1. The molecule has 1 aromatic carbocycles. The zero-order valence-electron chi connectivity index (χ0n) is 11.4. The molecular weight excluding hydrogens is 212 g/mol. The second kappa shape index (κ2) is 6.03. The molecule has 2 N–H and O–H groups in total. The lowest BCUT2D eigenvalue weighted by atomic mass is 9.95. The molecule has 3 nitrogen and oxygen atoms in total. The second-order valence-electron chi connectivity index (χ2n) is 4.36. The van der Waals surface area contributed by atoms with Gasteiger partial charge >= 0.3 is 0 Å². The molecule has 1 rings (SSSR count). The first-order chi connectivity index (χ1) is 8.11. The Balaban J connectivity index is 2.94. The first-order valence-corrected chi connectivity index (χ1v) is 6.22. The third-order valence-corrected chi connectivity index (χ3v) is 3.45. The van der Waals surface area contributed by atoms with Crippen molar-refractivity contribution in [2.24, 2.45) is 5.73 Å². The van der Waals surface area contributed by atoms with E-state index in [0.717, 1.165) is 18.7 Å². The Hall–Kier alpha value is -1.06. The van der Waals surface area contributed by atoms with Gasteiger partial charge in [-0.25, -0.2) is 0 Å². The summed E-state index contributed by atoms with van der Waals surface area (Å²) in [6.45, 7) is 8.86. The predicted octanol–water partition coefficient (Wildman–Crippen LogP) is 2.35. The van der Waals surface area contributed by atoms with Crippen molar-refractivity contribution in [3.63, 3.8) is 0 Å². The van der Waals surface area contributed by atoms with Crippen LogP contribution in [0.4, 0.5) is 5.69 Å². The van der Waals surface area contributed by atoms with E-state index >= 15 is 0 Å². The zero-order chi connectivity index (χ0) is 12.9. The van der Waals surface area contributed by atoms with Gasteiger partial charge in [-0.1, -0.05) is 12.1 Å². The second-order valence-corrected chi connectivity index (χ2v) is 4.36. The first-order valence-electron chi connectivity index (χ1n) is 6.22. The van der Waals surface area contributed by atoms with E-state index in [2.05, 4.69) is 43.0 Å². The molecule has 0 aliphatic heterocycles. The largest absolute Gasteiger partial charge is 0.372 e. The van der Waals surface area contributed by atoms with E-state index in [1.165, 1.54) is 5.69 Å². The lowest BCUT2D eigenvalue weighted by Crippen LogP contribution is -2.33. The van der Waals surface area contributed by atoms with Crippen molar-refractivity contribution in [2.45, 2.75) is 26.4 Å². The van der Waals surface area contributed by atoms with Crippen LogP contribution in [0.2, 0.25) is 0 Å². The van der Waals surface area contributed by atoms with Gasteiger partial charge in [0.2, 0.25) is 0 Å². The molecule has 1 atom stereocenters. The number of hydrogen-bond acceptors (Lipinski definition) is 3. The maximum atomic E-state index is 5.76. The molecule has 0 radical (unpaired) electrons. The van der Waals surface area contributed by atoms with Crippen LogP contribution in [0, 0.1) is 0 Å². The summed E-state index contributed by atoms with van der Waals surface area (Å²) in [6, 6.07) is 8.47. The van der Waals surface area contributed by atoms with Crippen LogP contribution in [0.15, 0.2) is 24.3 Å². The summed E-state index contributed by atoms with van der Waals surface area (Å²) in [6.07, 6.45) is 0. The van der Waals surface area contributed by atoms with Crippen molar-refractivity contribution in [2.75, 3.05) is 31.6 Å². The van der Waals surface area contributed by atoms with Crippen molar-refractivity contribution in [3.8, 4) is 0 Å². The van der Waals surface area contributed by atoms with Gasteiger partial charge in [-0.05, 0) is 38.5 Å². The highest BCUT2D eigenvalue weighted by Crippen LogP contribution is 2.25. The van der Waals surface area contributed by atoms with Crippen LogP contribution >= 0.6 is 0 Å². The highest BCUT2D eigenvalue weighted by atomic mass is 16.5. The molecule has 17 heavy (non-hydrogen) atoms. The van der Waals surface area contributed by atoms with Gasteiger partial charge in [-0.3, -0.25) is 0 Å². The molecule has 0 saturated carbocycles. The van der Waals surface area contributed by atoms with E-state index in [1.54, 1.807) is 7.11 Å². The minimum Gasteiger partial charge on any atom is -0.372 e. The lowest BCUT2D eigenvalue weighted by molar-refractivity contribution is 0.0101. The van der Waals surface area contributed by atoms with E-state index in [0.29, 0.717) is 6.54 Å². The fraction of sp³-hybridized carbons (Fsp3) is 0.571. The van der Waals surface area contributed by atoms with Crippen LogP contribution in [0.1, 0.15) is 26.3 Å². The number of nitrogens with zero attached hydrogens (tertiary/aromatic N) is 1. The third-order valence-electron chi connectivity index (χ3n) is 3.45. The monoisotopic (exact) mass is 236 g/mol. The zero-order valence-corrected chi connectivity index (χ0v) is 11.4. The fourth-order valence-electron chi connectivity index (χ4n) is 1.93. The van der Waals surface area contributed by atoms with Gasteiger partial charge in [0, 0.05) is 32.4 Å². The molecule has 0 aliphatic carbocycles. The van der Waals surface area contributed by atoms with E-state index in [4.69, 9.17) is 10.5 Å². The average molecular weight is 236 g/mol. The summed E-state index contributed by atoms with van der Waals surface area (Å²) < 4.78 is 5.49. The molecular formula is C14H24N2O. The first kappa shape index (κ1) is 14.0. The molecule has 0 saturated heterocycles. The van der Waals surface area contributed by atoms with E-state index < -0.39 is 0 Å². The van der Waals surface area contributed by atoms with Gasteiger partial charge in [0.05, 0.1) is 0 Å². The normalized spacial score (nSPS) is 14.4. The average Bonchev–Trinajstić information content (AvgIpc) is 2.40. The van der Waals surface area contributed by atoms with Crippen molar-refractivity contribution >= 4 is 5.69 Å². The summed E-state index contributed by atoms with van der Waals surface area (Å²) in [4.78, 5) is 2.32. The molecule has 0 aromatic heterocycles. The number of ether oxygens (including phenoxy) is 1. The Labute approximate surface area is 105 Å². The van der Waals surface area contributed by atoms with Crippen LogP contribution in [0.25, 0.3) is 0 Å². The highest BCUT2D eigenvalue weighted by Gasteiger charge is 2.24. The summed E-state index contributed by atoms with van der Waals surface area (Å²) in [5.41, 5.74) is 7.75. The van der Waals surface area contributed by atoms with Gasteiger partial charge in [0.25, 0.3) is 0 Å². The fourth-order valence-corrected chi connectivity index (χ4v) is 1.93. The molecule has 1 unspecified atom stereocenters. The Morgan fingerprint density at radius 1 is 1.18 bits per heavy atom. The Kier molecular flexibility index (Phi) is 4.97. The summed E-state index contributed by atoms with van der Waals surface area (Å²) in [5, 5.41) is 0. The van der Waals surface area contributed by atoms with E-state index in [1.807, 2.05) is 6.92 Å². The predicted molar refractivity (Wildman–Crippen MR) is 73.4 cm³/mol. The Bertz CT molecular complexity index is 327. The van der Waals surface area contributed by atoms with Gasteiger partial charge in [0.15, 0.2) is 0 Å². The molecule has 0 bridgehead atoms. The van der Waals surface area contributed by atoms with Crippen molar-refractivity contribution in [1.29, 1.82) is 0 Å². The summed E-state index contributed by atoms with van der Waals surface area (Å²) >= 11 is 0. The molecule has 0 amide bonds. The van der Waals surface area contributed by atoms with Crippen LogP contribution in [-0.4, -0.2) is 26.7 Å². The van der Waals surface area contributed by atoms with Crippen LogP contribution < -0.4 is 10.6 Å². The molecule has 0 heterocycles. The van der Waals surface area contributed by atoms with Gasteiger partial charge in [0.1, 0.15) is 5.60 Å². The van der Waals surface area contributed by atoms with Gasteiger partial charge < -0.3 is 15.4 Å². The summed E-state index contributed by atoms with van der Waals surface area (Å²) in [5.74, 6) is 0. The Morgan fingerprint density at radius 2 is 1.71 bits per heavy atom. The van der Waals surface area contributed by atoms with Crippen molar-refractivity contribution in [1.82, 2.24) is 0 Å². The molecule has 1 aromatic rings. The smallest absolute Gasteiger partial charge is 0.102 e. The lowest BCUT2D eigenvalue weighted by Gasteiger charge is -2.28. The van der Waals surface area contributed by atoms with E-state index in [-0.39, 0.29) is 5.60 Å². The standard InChI is InChI=1S/C14H24N2O/c1-5-16(6-2)13-9-7-12(8-10-13)14(3,11-15)17-4/h7-10H,5-6,11,15H2,1-4H3. The minimum atomic E-state index is -0.387. The SMILES string of the molecule is CCN(CC)c1ccc(C(C)(CN)OC)cc1. The maximum Gasteiger partial charge on any atom is 0.102 e. The Morgan fingerprint density at radius 3 is 2.06 bits per heavy atom. The highest BCUT2D eigenvalue weighted by molar-refractivity contribution is 5.48. The van der Waals surface area contributed by atoms with Gasteiger partial charge in [-0.15, -0.1) is 0 Å². The number of nitrogens with two attached hydrogens (primary N) is 1. The van der Waals surface area contributed by atoms with Gasteiger partial charge in [-0.2, -0.15) is 0 Å². The molecule has 0 fully saturated rings. The number of methoxy groups -OCH3 is 1. The van der Waals surface area contributed by atoms with Crippen molar-refractivity contribution < 1.29 is 4.74 Å². The van der Waals surface area contributed by atoms with E-state index in [9.17, 15) is 0 Å². The summed E-state index contributed by atoms with van der Waals surface area (Å²) in [7, 11) is 1.70. The maximum absolute atomic E-state index is 5.76. The van der Waals surface area contributed by atoms with Crippen LogP contribution in [0.5, 0.6) is 0 Å². The van der Waals surface area contributed by atoms with Crippen LogP contribution in [0.3, 0.4) is 0 Å². The molecule has 96 valence electrons. The van der Waals surface area contributed by atoms with Crippen LogP contribution in [-0.2, 0) is 10.3 Å². The number of anilines is 1. The quantitative estimate of drug-likeness (QED) is 0.824. The molecule has 0 aliphatic rings. The third kappa shape index (κ3) is 2.99. The topological polar surface area (TPSA) is 38.5 Å². The number of rotatable bonds is 6. The molecule has 0 spiro atoms. The molecule has 3 heteroatoms. The number of hydrogen-bond donors (Lipinski definition) is 1.